The molecule has 0 aliphatic carbocycles. The topological polar surface area (TPSA) is 51.2 Å². The van der Waals surface area contributed by atoms with Gasteiger partial charge in [-0.25, -0.2) is 8.78 Å². The minimum atomic E-state index is -0.896. The van der Waals surface area contributed by atoms with E-state index in [9.17, 15) is 13.6 Å². The van der Waals surface area contributed by atoms with E-state index in [-0.39, 0.29) is 30.6 Å². The van der Waals surface area contributed by atoms with Crippen molar-refractivity contribution in [2.45, 2.75) is 18.6 Å². The summed E-state index contributed by atoms with van der Waals surface area (Å²) in [6.07, 6.45) is 0.141. The van der Waals surface area contributed by atoms with Gasteiger partial charge in [-0.3, -0.25) is 9.69 Å². The normalized spacial score (nSPS) is 22.0. The van der Waals surface area contributed by atoms with Crippen LogP contribution in [0.5, 0.6) is 5.75 Å². The van der Waals surface area contributed by atoms with Crippen LogP contribution in [-0.2, 0) is 20.8 Å². The van der Waals surface area contributed by atoms with Crippen LogP contribution in [0.2, 0.25) is 0 Å². The largest absolute Gasteiger partial charge is 0.491 e. The van der Waals surface area contributed by atoms with Crippen LogP contribution in [0.25, 0.3) is 0 Å². The van der Waals surface area contributed by atoms with Gasteiger partial charge in [0.25, 0.3) is 0 Å². The second kappa shape index (κ2) is 10.4. The van der Waals surface area contributed by atoms with Crippen molar-refractivity contribution in [1.82, 2.24) is 9.80 Å². The fourth-order valence-electron chi connectivity index (χ4n) is 4.12. The van der Waals surface area contributed by atoms with Crippen LogP contribution in [-0.4, -0.2) is 73.9 Å². The lowest BCUT2D eigenvalue weighted by molar-refractivity contribution is -0.159. The lowest BCUT2D eigenvalue weighted by atomic mass is 9.96. The molecule has 2 fully saturated rings. The van der Waals surface area contributed by atoms with Crippen LogP contribution in [0.15, 0.2) is 48.5 Å². The third-order valence-corrected chi connectivity index (χ3v) is 5.83. The first-order valence-electron chi connectivity index (χ1n) is 10.9. The molecule has 172 valence electrons. The Bertz CT molecular complexity index is 905. The van der Waals surface area contributed by atoms with E-state index in [0.29, 0.717) is 63.9 Å². The Labute approximate surface area is 186 Å². The standard InChI is InChI=1S/C24H28F2N2O4/c25-20-5-7-21(8-6-20)31-18-24(15-23(29)28-10-12-30-13-11-28)17-27(9-14-32-24)16-19-3-1-2-4-22(19)26/h1-8H,9-18H2/t24-/m1/s1. The molecular formula is C24H28F2N2O4. The SMILES string of the molecule is O=C(C[C@]1(COc2ccc(F)cc2)CN(Cc2ccccc2F)CCO1)N1CCOCC1. The molecule has 2 aromatic rings. The van der Waals surface area contributed by atoms with E-state index in [2.05, 4.69) is 4.90 Å². The number of rotatable bonds is 7. The predicted molar refractivity (Wildman–Crippen MR) is 114 cm³/mol. The minimum absolute atomic E-state index is 0.0243. The molecule has 2 heterocycles. The highest BCUT2D eigenvalue weighted by Gasteiger charge is 2.41. The van der Waals surface area contributed by atoms with Crippen molar-refractivity contribution in [2.24, 2.45) is 0 Å². The summed E-state index contributed by atoms with van der Waals surface area (Å²) >= 11 is 0. The first kappa shape index (κ1) is 22.6. The van der Waals surface area contributed by atoms with Crippen LogP contribution in [0.1, 0.15) is 12.0 Å². The Morgan fingerprint density at radius 1 is 1.00 bits per heavy atom. The van der Waals surface area contributed by atoms with Crippen molar-refractivity contribution < 1.29 is 27.8 Å². The summed E-state index contributed by atoms with van der Waals surface area (Å²) < 4.78 is 44.9. The first-order chi connectivity index (χ1) is 15.5. The van der Waals surface area contributed by atoms with Gasteiger partial charge in [0.2, 0.25) is 5.91 Å². The van der Waals surface area contributed by atoms with Gasteiger partial charge in [-0.15, -0.1) is 0 Å². The molecule has 1 amide bonds. The van der Waals surface area contributed by atoms with E-state index in [1.54, 1.807) is 29.2 Å². The molecule has 2 aliphatic rings. The molecule has 0 saturated carbocycles. The second-order valence-electron chi connectivity index (χ2n) is 8.25. The molecule has 4 rings (SSSR count). The number of ether oxygens (including phenoxy) is 3. The van der Waals surface area contributed by atoms with Gasteiger partial charge in [0.1, 0.15) is 29.6 Å². The van der Waals surface area contributed by atoms with Crippen LogP contribution < -0.4 is 4.74 Å². The third kappa shape index (κ3) is 5.82. The Morgan fingerprint density at radius 2 is 1.75 bits per heavy atom. The molecule has 0 bridgehead atoms. The van der Waals surface area contributed by atoms with Crippen LogP contribution in [0.4, 0.5) is 8.78 Å². The Morgan fingerprint density at radius 3 is 2.50 bits per heavy atom. The zero-order chi connectivity index (χ0) is 22.4. The highest BCUT2D eigenvalue weighted by atomic mass is 19.1. The number of carbonyl (C=O) groups is 1. The summed E-state index contributed by atoms with van der Waals surface area (Å²) in [6.45, 7) is 4.12. The monoisotopic (exact) mass is 446 g/mol. The van der Waals surface area contributed by atoms with Gasteiger partial charge in [0.05, 0.1) is 26.2 Å². The molecule has 0 N–H and O–H groups in total. The molecule has 0 radical (unpaired) electrons. The van der Waals surface area contributed by atoms with Gasteiger partial charge in [-0.05, 0) is 30.3 Å². The minimum Gasteiger partial charge on any atom is -0.491 e. The molecule has 0 unspecified atom stereocenters. The van der Waals surface area contributed by atoms with Gasteiger partial charge < -0.3 is 19.1 Å². The molecule has 0 spiro atoms. The Hall–Kier alpha value is -2.55. The summed E-state index contributed by atoms with van der Waals surface area (Å²) in [5.41, 5.74) is -0.296. The van der Waals surface area contributed by atoms with Crippen molar-refractivity contribution in [2.75, 3.05) is 52.6 Å². The Balaban J connectivity index is 1.49. The fraction of sp³-hybridized carbons (Fsp3) is 0.458. The molecule has 1 atom stereocenters. The average molecular weight is 446 g/mol. The first-order valence-corrected chi connectivity index (χ1v) is 10.9. The van der Waals surface area contributed by atoms with E-state index in [0.717, 1.165) is 0 Å². The molecule has 0 aromatic heterocycles. The summed E-state index contributed by atoms with van der Waals surface area (Å²) in [6, 6.07) is 12.4. The summed E-state index contributed by atoms with van der Waals surface area (Å²) in [7, 11) is 0. The smallest absolute Gasteiger partial charge is 0.225 e. The lowest BCUT2D eigenvalue weighted by Crippen LogP contribution is -2.57. The zero-order valence-electron chi connectivity index (χ0n) is 18.0. The number of amides is 1. The highest BCUT2D eigenvalue weighted by molar-refractivity contribution is 5.77. The van der Waals surface area contributed by atoms with Gasteiger partial charge >= 0.3 is 0 Å². The predicted octanol–water partition coefficient (Wildman–Crippen LogP) is 2.86. The van der Waals surface area contributed by atoms with Crippen LogP contribution >= 0.6 is 0 Å². The molecule has 8 heteroatoms. The number of hydrogen-bond acceptors (Lipinski definition) is 5. The lowest BCUT2D eigenvalue weighted by Gasteiger charge is -2.43. The maximum Gasteiger partial charge on any atom is 0.225 e. The van der Waals surface area contributed by atoms with Gasteiger partial charge in [0.15, 0.2) is 0 Å². The molecule has 32 heavy (non-hydrogen) atoms. The number of hydrogen-bond donors (Lipinski definition) is 0. The number of carbonyl (C=O) groups excluding carboxylic acids is 1. The summed E-state index contributed by atoms with van der Waals surface area (Å²) in [4.78, 5) is 16.9. The van der Waals surface area contributed by atoms with Crippen molar-refractivity contribution in [3.63, 3.8) is 0 Å². The van der Waals surface area contributed by atoms with Crippen molar-refractivity contribution >= 4 is 5.91 Å². The maximum atomic E-state index is 14.2. The maximum absolute atomic E-state index is 14.2. The quantitative estimate of drug-likeness (QED) is 0.655. The van der Waals surface area contributed by atoms with Gasteiger partial charge in [-0.2, -0.15) is 0 Å². The molecule has 2 aliphatic heterocycles. The van der Waals surface area contributed by atoms with Crippen molar-refractivity contribution in [3.8, 4) is 5.75 Å². The van der Waals surface area contributed by atoms with Gasteiger partial charge in [-0.1, -0.05) is 18.2 Å². The average Bonchev–Trinajstić information content (AvgIpc) is 2.81. The van der Waals surface area contributed by atoms with E-state index in [4.69, 9.17) is 14.2 Å². The molecular weight excluding hydrogens is 418 g/mol. The summed E-state index contributed by atoms with van der Waals surface area (Å²) in [5, 5.41) is 0. The number of halogens is 2. The molecule has 2 aromatic carbocycles. The van der Waals surface area contributed by atoms with Crippen LogP contribution in [0.3, 0.4) is 0 Å². The third-order valence-electron chi connectivity index (χ3n) is 5.83. The second-order valence-corrected chi connectivity index (χ2v) is 8.25. The van der Waals surface area contributed by atoms with E-state index < -0.39 is 5.60 Å². The number of morpholine rings is 2. The highest BCUT2D eigenvalue weighted by Crippen LogP contribution is 2.27. The number of benzene rings is 2. The van der Waals surface area contributed by atoms with Crippen molar-refractivity contribution in [3.05, 3.63) is 65.7 Å². The van der Waals surface area contributed by atoms with E-state index in [1.807, 2.05) is 6.07 Å². The van der Waals surface area contributed by atoms with Gasteiger partial charge in [0, 0.05) is 38.3 Å². The molecule has 6 nitrogen and oxygen atoms in total. The zero-order valence-corrected chi connectivity index (χ0v) is 18.0. The van der Waals surface area contributed by atoms with Crippen molar-refractivity contribution in [1.29, 1.82) is 0 Å². The van der Waals surface area contributed by atoms with Crippen LogP contribution in [0, 0.1) is 11.6 Å². The Kier molecular flexibility index (Phi) is 7.34. The summed E-state index contributed by atoms with van der Waals surface area (Å²) in [5.74, 6) is -0.126. The molecule has 2 saturated heterocycles. The number of nitrogens with zero attached hydrogens (tertiary/aromatic N) is 2. The van der Waals surface area contributed by atoms with E-state index >= 15 is 0 Å². The fourth-order valence-corrected chi connectivity index (χ4v) is 4.12. The van der Waals surface area contributed by atoms with E-state index in [1.165, 1.54) is 18.2 Å².